The fourth-order valence-electron chi connectivity index (χ4n) is 3.96. The van der Waals surface area contributed by atoms with Crippen molar-refractivity contribution in [2.75, 3.05) is 20.2 Å². The van der Waals surface area contributed by atoms with Crippen LogP contribution in [0.4, 0.5) is 0 Å². The number of benzene rings is 1. The third-order valence-electron chi connectivity index (χ3n) is 5.57. The number of aromatic nitrogens is 2. The van der Waals surface area contributed by atoms with Crippen molar-refractivity contribution in [1.82, 2.24) is 14.9 Å². The molecule has 0 aliphatic carbocycles. The summed E-state index contributed by atoms with van der Waals surface area (Å²) in [6, 6.07) is 14.1. The van der Waals surface area contributed by atoms with Crippen molar-refractivity contribution in [2.45, 2.75) is 32.1 Å². The molecule has 3 heterocycles. The summed E-state index contributed by atoms with van der Waals surface area (Å²) in [7, 11) is 1.66. The van der Waals surface area contributed by atoms with E-state index in [-0.39, 0.29) is 5.91 Å². The van der Waals surface area contributed by atoms with Gasteiger partial charge in [-0.15, -0.1) is 0 Å². The molecule has 0 saturated carbocycles. The van der Waals surface area contributed by atoms with Gasteiger partial charge in [-0.05, 0) is 61.2 Å². The van der Waals surface area contributed by atoms with Gasteiger partial charge in [-0.2, -0.15) is 0 Å². The molecule has 1 amide bonds. The predicted molar refractivity (Wildman–Crippen MR) is 110 cm³/mol. The summed E-state index contributed by atoms with van der Waals surface area (Å²) in [5, 5.41) is 1.06. The van der Waals surface area contributed by atoms with Gasteiger partial charge >= 0.3 is 0 Å². The van der Waals surface area contributed by atoms with Gasteiger partial charge in [0.2, 0.25) is 5.91 Å². The number of aryl methyl sites for hydroxylation is 1. The van der Waals surface area contributed by atoms with Crippen LogP contribution in [0.3, 0.4) is 0 Å². The fourth-order valence-corrected chi connectivity index (χ4v) is 3.96. The summed E-state index contributed by atoms with van der Waals surface area (Å²) in [6.45, 7) is 3.56. The number of methoxy groups -OCH3 is 1. The van der Waals surface area contributed by atoms with Gasteiger partial charge in [-0.1, -0.05) is 12.1 Å². The molecule has 5 heteroatoms. The van der Waals surface area contributed by atoms with Gasteiger partial charge in [0.05, 0.1) is 13.5 Å². The number of hydrogen-bond acceptors (Lipinski definition) is 4. The Kier molecular flexibility index (Phi) is 5.24. The minimum absolute atomic E-state index is 0.191. The van der Waals surface area contributed by atoms with Crippen molar-refractivity contribution < 1.29 is 9.53 Å². The van der Waals surface area contributed by atoms with Crippen molar-refractivity contribution in [3.05, 3.63) is 65.5 Å². The maximum Gasteiger partial charge on any atom is 0.226 e. The quantitative estimate of drug-likeness (QED) is 0.694. The first kappa shape index (κ1) is 18.4. The van der Waals surface area contributed by atoms with Crippen LogP contribution in [-0.4, -0.2) is 41.0 Å². The summed E-state index contributed by atoms with van der Waals surface area (Å²) in [4.78, 5) is 23.8. The molecule has 4 rings (SSSR count). The number of likely N-dealkylation sites (tertiary alicyclic amines) is 1. The molecule has 0 atom stereocenters. The van der Waals surface area contributed by atoms with Crippen LogP contribution in [0.2, 0.25) is 0 Å². The predicted octanol–water partition coefficient (Wildman–Crippen LogP) is 3.90. The Morgan fingerprint density at radius 2 is 2.00 bits per heavy atom. The number of carbonyl (C=O) groups excluding carboxylic acids is 1. The number of amides is 1. The van der Waals surface area contributed by atoms with Crippen molar-refractivity contribution in [3.8, 4) is 5.75 Å². The van der Waals surface area contributed by atoms with Crippen LogP contribution in [0.5, 0.6) is 5.75 Å². The highest BCUT2D eigenvalue weighted by Crippen LogP contribution is 2.28. The molecular weight excluding hydrogens is 350 g/mol. The molecule has 5 nitrogen and oxygen atoms in total. The summed E-state index contributed by atoms with van der Waals surface area (Å²) < 4.78 is 5.30. The van der Waals surface area contributed by atoms with E-state index in [9.17, 15) is 4.79 Å². The lowest BCUT2D eigenvalue weighted by Crippen LogP contribution is -2.38. The number of fused-ring (bicyclic) bond motifs is 1. The molecule has 0 bridgehead atoms. The van der Waals surface area contributed by atoms with Gasteiger partial charge < -0.3 is 9.64 Å². The maximum atomic E-state index is 12.7. The standard InChI is InChI=1S/C23H25N3O2/c1-16-14-17(5-8-21(16)28-2)15-22(27)26-12-9-18(10-13-26)20-7-6-19-4-3-11-24-23(19)25-20/h3-8,11,14,18H,9-10,12-13,15H2,1-2H3. The first-order valence-corrected chi connectivity index (χ1v) is 9.77. The molecule has 1 aliphatic rings. The lowest BCUT2D eigenvalue weighted by molar-refractivity contribution is -0.131. The number of pyridine rings is 2. The van der Waals surface area contributed by atoms with Gasteiger partial charge in [-0.25, -0.2) is 9.97 Å². The highest BCUT2D eigenvalue weighted by molar-refractivity contribution is 5.79. The van der Waals surface area contributed by atoms with Crippen LogP contribution in [0, 0.1) is 6.92 Å². The lowest BCUT2D eigenvalue weighted by atomic mass is 9.92. The van der Waals surface area contributed by atoms with E-state index in [1.807, 2.05) is 42.2 Å². The van der Waals surface area contributed by atoms with Crippen LogP contribution in [0.1, 0.15) is 35.6 Å². The zero-order valence-corrected chi connectivity index (χ0v) is 16.4. The molecular formula is C23H25N3O2. The Morgan fingerprint density at radius 3 is 2.75 bits per heavy atom. The smallest absolute Gasteiger partial charge is 0.226 e. The van der Waals surface area contributed by atoms with E-state index < -0.39 is 0 Å². The molecule has 1 fully saturated rings. The molecule has 1 saturated heterocycles. The number of piperidine rings is 1. The van der Waals surface area contributed by atoms with Crippen LogP contribution in [0.15, 0.2) is 48.7 Å². The number of carbonyl (C=O) groups is 1. The van der Waals surface area contributed by atoms with Crippen LogP contribution < -0.4 is 4.74 Å². The molecule has 0 N–H and O–H groups in total. The number of hydrogen-bond donors (Lipinski definition) is 0. The second kappa shape index (κ2) is 7.97. The van der Waals surface area contributed by atoms with Gasteiger partial charge in [0.15, 0.2) is 5.65 Å². The highest BCUT2D eigenvalue weighted by atomic mass is 16.5. The van der Waals surface area contributed by atoms with Crippen molar-refractivity contribution in [2.24, 2.45) is 0 Å². The summed E-state index contributed by atoms with van der Waals surface area (Å²) in [6.07, 6.45) is 4.10. The van der Waals surface area contributed by atoms with E-state index >= 15 is 0 Å². The molecule has 0 radical (unpaired) electrons. The second-order valence-electron chi connectivity index (χ2n) is 7.42. The van der Waals surface area contributed by atoms with E-state index in [1.165, 1.54) is 0 Å². The normalized spacial score (nSPS) is 15.0. The molecule has 144 valence electrons. The maximum absolute atomic E-state index is 12.7. The molecule has 3 aromatic rings. The van der Waals surface area contributed by atoms with E-state index in [0.717, 1.165) is 59.5 Å². The third-order valence-corrected chi connectivity index (χ3v) is 5.57. The van der Waals surface area contributed by atoms with Crippen molar-refractivity contribution in [1.29, 1.82) is 0 Å². The van der Waals surface area contributed by atoms with E-state index in [0.29, 0.717) is 12.3 Å². The minimum atomic E-state index is 0.191. The largest absolute Gasteiger partial charge is 0.496 e. The Labute approximate surface area is 165 Å². The lowest BCUT2D eigenvalue weighted by Gasteiger charge is -2.32. The average molecular weight is 375 g/mol. The molecule has 1 aromatic carbocycles. The van der Waals surface area contributed by atoms with Gasteiger partial charge in [0, 0.05) is 36.3 Å². The van der Waals surface area contributed by atoms with E-state index in [1.54, 1.807) is 13.3 Å². The average Bonchev–Trinajstić information content (AvgIpc) is 2.73. The Bertz CT molecular complexity index is 994. The Morgan fingerprint density at radius 1 is 1.18 bits per heavy atom. The first-order chi connectivity index (χ1) is 13.6. The topological polar surface area (TPSA) is 55.3 Å². The first-order valence-electron chi connectivity index (χ1n) is 9.77. The van der Waals surface area contributed by atoms with Gasteiger partial charge in [0.25, 0.3) is 0 Å². The van der Waals surface area contributed by atoms with Crippen molar-refractivity contribution in [3.63, 3.8) is 0 Å². The van der Waals surface area contributed by atoms with Gasteiger partial charge in [-0.3, -0.25) is 4.79 Å². The molecule has 0 unspecified atom stereocenters. The summed E-state index contributed by atoms with van der Waals surface area (Å²) in [5.74, 6) is 1.43. The Balaban J connectivity index is 1.37. The van der Waals surface area contributed by atoms with Crippen LogP contribution in [0.25, 0.3) is 11.0 Å². The second-order valence-corrected chi connectivity index (χ2v) is 7.42. The molecule has 0 spiro atoms. The number of ether oxygens (including phenoxy) is 1. The number of rotatable bonds is 4. The molecule has 2 aromatic heterocycles. The summed E-state index contributed by atoms with van der Waals surface area (Å²) >= 11 is 0. The molecule has 28 heavy (non-hydrogen) atoms. The minimum Gasteiger partial charge on any atom is -0.496 e. The van der Waals surface area contributed by atoms with Crippen LogP contribution >= 0.6 is 0 Å². The fraction of sp³-hybridized carbons (Fsp3) is 0.348. The van der Waals surface area contributed by atoms with Crippen LogP contribution in [-0.2, 0) is 11.2 Å². The zero-order valence-electron chi connectivity index (χ0n) is 16.4. The third kappa shape index (κ3) is 3.84. The highest BCUT2D eigenvalue weighted by Gasteiger charge is 2.25. The van der Waals surface area contributed by atoms with E-state index in [2.05, 4.69) is 17.1 Å². The zero-order chi connectivity index (χ0) is 19.5. The summed E-state index contributed by atoms with van der Waals surface area (Å²) in [5.41, 5.74) is 3.98. The Hall–Kier alpha value is -2.95. The monoisotopic (exact) mass is 375 g/mol. The number of nitrogens with zero attached hydrogens (tertiary/aromatic N) is 3. The van der Waals surface area contributed by atoms with Crippen molar-refractivity contribution >= 4 is 16.9 Å². The van der Waals surface area contributed by atoms with E-state index in [4.69, 9.17) is 9.72 Å². The molecule has 1 aliphatic heterocycles. The van der Waals surface area contributed by atoms with Gasteiger partial charge in [0.1, 0.15) is 5.75 Å². The SMILES string of the molecule is COc1ccc(CC(=O)N2CCC(c3ccc4cccnc4n3)CC2)cc1C.